The van der Waals surface area contributed by atoms with E-state index in [1.165, 1.54) is 17.5 Å². The molecule has 28 heavy (non-hydrogen) atoms. The lowest BCUT2D eigenvalue weighted by molar-refractivity contribution is -0.140. The van der Waals surface area contributed by atoms with Gasteiger partial charge in [0, 0.05) is 29.7 Å². The molecule has 0 unspecified atom stereocenters. The SMILES string of the molecule is O=C(Nc1nccs1)[C@@H]1CCCN(S(=O)(=O)c2ccc(Cl)cc2C(F)(F)F)C1. The van der Waals surface area contributed by atoms with Gasteiger partial charge in [0.2, 0.25) is 15.9 Å². The van der Waals surface area contributed by atoms with E-state index in [-0.39, 0.29) is 18.1 Å². The molecule has 1 aromatic carbocycles. The van der Waals surface area contributed by atoms with Gasteiger partial charge in [-0.05, 0) is 31.0 Å². The maximum absolute atomic E-state index is 13.3. The van der Waals surface area contributed by atoms with Crippen molar-refractivity contribution in [2.45, 2.75) is 23.9 Å². The summed E-state index contributed by atoms with van der Waals surface area (Å²) in [7, 11) is -4.46. The molecule has 0 aliphatic carbocycles. The summed E-state index contributed by atoms with van der Waals surface area (Å²) >= 11 is 6.84. The monoisotopic (exact) mass is 453 g/mol. The van der Waals surface area contributed by atoms with Crippen molar-refractivity contribution in [1.82, 2.24) is 9.29 Å². The Bertz CT molecular complexity index is 965. The number of hydrogen-bond acceptors (Lipinski definition) is 5. The molecule has 3 rings (SSSR count). The Labute approximate surface area is 168 Å². The summed E-state index contributed by atoms with van der Waals surface area (Å²) in [5, 5.41) is 4.43. The average molecular weight is 454 g/mol. The number of piperidine rings is 1. The highest BCUT2D eigenvalue weighted by atomic mass is 35.5. The zero-order valence-electron chi connectivity index (χ0n) is 14.2. The van der Waals surface area contributed by atoms with Crippen LogP contribution in [0.2, 0.25) is 5.02 Å². The molecule has 1 saturated heterocycles. The Morgan fingerprint density at radius 1 is 1.36 bits per heavy atom. The second kappa shape index (κ2) is 7.97. The second-order valence-electron chi connectivity index (χ2n) is 6.17. The van der Waals surface area contributed by atoms with Crippen molar-refractivity contribution in [2.75, 3.05) is 18.4 Å². The summed E-state index contributed by atoms with van der Waals surface area (Å²) in [6.45, 7) is -0.178. The van der Waals surface area contributed by atoms with Crippen molar-refractivity contribution < 1.29 is 26.4 Å². The molecule has 1 aliphatic rings. The molecule has 2 aromatic rings. The minimum Gasteiger partial charge on any atom is -0.302 e. The number of rotatable bonds is 4. The second-order valence-corrected chi connectivity index (χ2v) is 9.40. The van der Waals surface area contributed by atoms with Crippen LogP contribution in [0, 0.1) is 5.92 Å². The highest BCUT2D eigenvalue weighted by molar-refractivity contribution is 7.89. The highest BCUT2D eigenvalue weighted by Gasteiger charge is 2.41. The number of thiazole rings is 1. The number of amides is 1. The Balaban J connectivity index is 1.85. The summed E-state index contributed by atoms with van der Waals surface area (Å²) in [5.41, 5.74) is -1.32. The Morgan fingerprint density at radius 2 is 2.11 bits per heavy atom. The number of anilines is 1. The third-order valence-electron chi connectivity index (χ3n) is 4.28. The lowest BCUT2D eigenvalue weighted by Gasteiger charge is -2.31. The predicted molar refractivity (Wildman–Crippen MR) is 98.7 cm³/mol. The molecular formula is C16H15ClF3N3O3S2. The minimum atomic E-state index is -4.88. The Hall–Kier alpha value is -1.69. The Kier molecular flexibility index (Phi) is 5.99. The molecule has 1 fully saturated rings. The molecule has 0 radical (unpaired) electrons. The van der Waals surface area contributed by atoms with Crippen LogP contribution in [-0.4, -0.2) is 36.7 Å². The Morgan fingerprint density at radius 3 is 2.75 bits per heavy atom. The van der Waals surface area contributed by atoms with Gasteiger partial charge in [0.15, 0.2) is 5.13 Å². The van der Waals surface area contributed by atoms with Crippen molar-refractivity contribution in [3.63, 3.8) is 0 Å². The molecule has 0 saturated carbocycles. The smallest absolute Gasteiger partial charge is 0.302 e. The summed E-state index contributed by atoms with van der Waals surface area (Å²) in [6, 6.07) is 2.53. The maximum atomic E-state index is 13.3. The average Bonchev–Trinajstić information content (AvgIpc) is 3.14. The van der Waals surface area contributed by atoms with E-state index in [1.54, 1.807) is 5.38 Å². The van der Waals surface area contributed by atoms with Crippen LogP contribution in [-0.2, 0) is 21.0 Å². The maximum Gasteiger partial charge on any atom is 0.417 e. The summed E-state index contributed by atoms with van der Waals surface area (Å²) < 4.78 is 66.7. The van der Waals surface area contributed by atoms with Gasteiger partial charge in [-0.2, -0.15) is 17.5 Å². The van der Waals surface area contributed by atoms with Gasteiger partial charge in [-0.15, -0.1) is 11.3 Å². The van der Waals surface area contributed by atoms with E-state index < -0.39 is 38.5 Å². The first-order valence-electron chi connectivity index (χ1n) is 8.16. The van der Waals surface area contributed by atoms with E-state index in [1.807, 2.05) is 0 Å². The number of aromatic nitrogens is 1. The minimum absolute atomic E-state index is 0.0310. The standard InChI is InChI=1S/C16H15ClF3N3O3S2/c17-11-3-4-13(12(8-11)16(18,19)20)28(25,26)23-6-1-2-10(9-23)14(24)22-15-21-5-7-27-15/h3-5,7-8,10H,1-2,6,9H2,(H,21,22,24)/t10-/m1/s1. The van der Waals surface area contributed by atoms with Crippen LogP contribution < -0.4 is 5.32 Å². The van der Waals surface area contributed by atoms with Crippen LogP contribution in [0.4, 0.5) is 18.3 Å². The van der Waals surface area contributed by atoms with Gasteiger partial charge in [0.25, 0.3) is 0 Å². The normalized spacial score (nSPS) is 18.8. The van der Waals surface area contributed by atoms with Crippen LogP contribution >= 0.6 is 22.9 Å². The van der Waals surface area contributed by atoms with E-state index in [0.29, 0.717) is 24.0 Å². The molecule has 6 nitrogen and oxygen atoms in total. The molecule has 1 aromatic heterocycles. The van der Waals surface area contributed by atoms with E-state index in [0.717, 1.165) is 16.4 Å². The van der Waals surface area contributed by atoms with E-state index in [9.17, 15) is 26.4 Å². The number of nitrogens with zero attached hydrogens (tertiary/aromatic N) is 2. The molecule has 1 N–H and O–H groups in total. The molecule has 1 amide bonds. The van der Waals surface area contributed by atoms with Gasteiger partial charge in [-0.3, -0.25) is 4.79 Å². The van der Waals surface area contributed by atoms with Crippen LogP contribution in [0.5, 0.6) is 0 Å². The highest BCUT2D eigenvalue weighted by Crippen LogP contribution is 2.37. The van der Waals surface area contributed by atoms with E-state index in [2.05, 4.69) is 10.3 Å². The number of sulfonamides is 1. The fourth-order valence-electron chi connectivity index (χ4n) is 2.96. The summed E-state index contributed by atoms with van der Waals surface area (Å²) in [4.78, 5) is 15.4. The first kappa shape index (κ1) is 21.0. The molecule has 152 valence electrons. The van der Waals surface area contributed by atoms with Crippen molar-refractivity contribution in [3.8, 4) is 0 Å². The van der Waals surface area contributed by atoms with Crippen LogP contribution in [0.15, 0.2) is 34.7 Å². The fraction of sp³-hybridized carbons (Fsp3) is 0.375. The third-order valence-corrected chi connectivity index (χ3v) is 7.13. The van der Waals surface area contributed by atoms with Crippen molar-refractivity contribution in [2.24, 2.45) is 5.92 Å². The van der Waals surface area contributed by atoms with Gasteiger partial charge in [0.1, 0.15) is 0 Å². The molecule has 12 heteroatoms. The van der Waals surface area contributed by atoms with Crippen LogP contribution in [0.3, 0.4) is 0 Å². The van der Waals surface area contributed by atoms with E-state index in [4.69, 9.17) is 11.6 Å². The molecule has 1 aliphatic heterocycles. The third kappa shape index (κ3) is 4.48. The quantitative estimate of drug-likeness (QED) is 0.762. The topological polar surface area (TPSA) is 79.4 Å². The van der Waals surface area contributed by atoms with Crippen molar-refractivity contribution in [1.29, 1.82) is 0 Å². The number of carbonyl (C=O) groups is 1. The molecule has 1 atom stereocenters. The first-order chi connectivity index (χ1) is 13.1. The number of alkyl halides is 3. The fourth-order valence-corrected chi connectivity index (χ4v) is 5.38. The van der Waals surface area contributed by atoms with Crippen molar-refractivity contribution >= 4 is 44.0 Å². The first-order valence-corrected chi connectivity index (χ1v) is 10.9. The largest absolute Gasteiger partial charge is 0.417 e. The van der Waals surface area contributed by atoms with Gasteiger partial charge >= 0.3 is 6.18 Å². The molecule has 0 bridgehead atoms. The number of benzene rings is 1. The zero-order chi connectivity index (χ0) is 20.5. The number of halogens is 4. The summed E-state index contributed by atoms with van der Waals surface area (Å²) in [5.74, 6) is -1.10. The van der Waals surface area contributed by atoms with Crippen LogP contribution in [0.1, 0.15) is 18.4 Å². The number of carbonyl (C=O) groups excluding carboxylic acids is 1. The molecular weight excluding hydrogens is 439 g/mol. The number of nitrogens with one attached hydrogen (secondary N) is 1. The van der Waals surface area contributed by atoms with Crippen LogP contribution in [0.25, 0.3) is 0 Å². The zero-order valence-corrected chi connectivity index (χ0v) is 16.6. The molecule has 0 spiro atoms. The van der Waals surface area contributed by atoms with Gasteiger partial charge in [-0.1, -0.05) is 11.6 Å². The van der Waals surface area contributed by atoms with Gasteiger partial charge < -0.3 is 5.32 Å². The molecule has 2 heterocycles. The van der Waals surface area contributed by atoms with Gasteiger partial charge in [-0.25, -0.2) is 13.4 Å². The van der Waals surface area contributed by atoms with Gasteiger partial charge in [0.05, 0.1) is 16.4 Å². The van der Waals surface area contributed by atoms with Crippen molar-refractivity contribution in [3.05, 3.63) is 40.4 Å². The lowest BCUT2D eigenvalue weighted by atomic mass is 9.99. The lowest BCUT2D eigenvalue weighted by Crippen LogP contribution is -2.44. The number of hydrogen-bond donors (Lipinski definition) is 1. The summed E-state index contributed by atoms with van der Waals surface area (Å²) in [6.07, 6.45) is -2.60. The van der Waals surface area contributed by atoms with E-state index >= 15 is 0 Å². The predicted octanol–water partition coefficient (Wildman–Crippen LogP) is 3.85.